The second-order valence-corrected chi connectivity index (χ2v) is 6.02. The van der Waals surface area contributed by atoms with E-state index in [1.54, 1.807) is 27.7 Å². The second-order valence-electron chi connectivity index (χ2n) is 6.02. The van der Waals surface area contributed by atoms with Crippen LogP contribution in [0.1, 0.15) is 53.4 Å². The third-order valence-electron chi connectivity index (χ3n) is 2.79. The molecule has 0 radical (unpaired) electrons. The van der Waals surface area contributed by atoms with Gasteiger partial charge in [0.2, 0.25) is 0 Å². The maximum Gasteiger partial charge on any atom is 0.335 e. The largest absolute Gasteiger partial charge is 0.460 e. The first kappa shape index (κ1) is 17.1. The first-order valence-corrected chi connectivity index (χ1v) is 6.89. The lowest BCUT2D eigenvalue weighted by Gasteiger charge is -2.20. The van der Waals surface area contributed by atoms with Gasteiger partial charge in [0.15, 0.2) is 0 Å². The van der Waals surface area contributed by atoms with Crippen molar-refractivity contribution in [2.75, 3.05) is 0 Å². The zero-order valence-corrected chi connectivity index (χ0v) is 12.8. The molecular weight excluding hydrogens is 278 g/mol. The van der Waals surface area contributed by atoms with Crippen LogP contribution in [0, 0.1) is 5.92 Å². The van der Waals surface area contributed by atoms with Crippen molar-refractivity contribution in [3.8, 4) is 0 Å². The minimum atomic E-state index is -0.706. The molecule has 0 bridgehead atoms. The number of nitrogens with zero attached hydrogens (tertiary/aromatic N) is 1. The zero-order valence-electron chi connectivity index (χ0n) is 12.8. The average molecular weight is 299 g/mol. The van der Waals surface area contributed by atoms with Crippen LogP contribution in [0.2, 0.25) is 0 Å². The predicted octanol–water partition coefficient (Wildman–Crippen LogP) is 1.35. The highest BCUT2D eigenvalue weighted by Gasteiger charge is 2.34. The number of rotatable bonds is 5. The van der Waals surface area contributed by atoms with Gasteiger partial charge in [-0.05, 0) is 27.2 Å². The molecule has 0 N–H and O–H groups in total. The summed E-state index contributed by atoms with van der Waals surface area (Å²) in [5.41, 5.74) is -0.574. The van der Waals surface area contributed by atoms with E-state index in [1.807, 2.05) is 0 Å². The van der Waals surface area contributed by atoms with Crippen molar-refractivity contribution < 1.29 is 28.8 Å². The van der Waals surface area contributed by atoms with Crippen LogP contribution < -0.4 is 0 Å². The molecule has 1 aliphatic heterocycles. The van der Waals surface area contributed by atoms with Crippen molar-refractivity contribution in [2.24, 2.45) is 5.92 Å². The molecule has 0 spiro atoms. The molecule has 118 valence electrons. The summed E-state index contributed by atoms with van der Waals surface area (Å²) in [6.07, 6.45) is 0.399. The molecule has 1 rings (SSSR count). The maximum absolute atomic E-state index is 11.8. The van der Waals surface area contributed by atoms with Gasteiger partial charge in [0.1, 0.15) is 5.60 Å². The number of imide groups is 1. The van der Waals surface area contributed by atoms with Crippen LogP contribution in [-0.2, 0) is 28.8 Å². The third-order valence-corrected chi connectivity index (χ3v) is 2.79. The molecule has 7 nitrogen and oxygen atoms in total. The fraction of sp³-hybridized carbons (Fsp3) is 0.714. The number of hydroxylamine groups is 2. The summed E-state index contributed by atoms with van der Waals surface area (Å²) < 4.78 is 5.13. The molecule has 0 saturated carbocycles. The zero-order chi connectivity index (χ0) is 16.2. The second kappa shape index (κ2) is 6.69. The molecule has 21 heavy (non-hydrogen) atoms. The summed E-state index contributed by atoms with van der Waals surface area (Å²) in [5.74, 6) is -2.77. The molecule has 0 aliphatic carbocycles. The number of esters is 1. The van der Waals surface area contributed by atoms with E-state index in [9.17, 15) is 19.2 Å². The van der Waals surface area contributed by atoms with Crippen LogP contribution >= 0.6 is 0 Å². The lowest BCUT2D eigenvalue weighted by Crippen LogP contribution is -2.34. The molecule has 1 saturated heterocycles. The van der Waals surface area contributed by atoms with Crippen LogP contribution in [0.3, 0.4) is 0 Å². The van der Waals surface area contributed by atoms with Gasteiger partial charge >= 0.3 is 11.9 Å². The van der Waals surface area contributed by atoms with Gasteiger partial charge in [-0.1, -0.05) is 6.92 Å². The third kappa shape index (κ3) is 5.53. The first-order valence-electron chi connectivity index (χ1n) is 6.89. The van der Waals surface area contributed by atoms with Crippen molar-refractivity contribution in [3.63, 3.8) is 0 Å². The van der Waals surface area contributed by atoms with Crippen molar-refractivity contribution in [2.45, 2.75) is 59.0 Å². The number of hydrogen-bond acceptors (Lipinski definition) is 6. The normalized spacial score (nSPS) is 16.9. The molecule has 0 aromatic rings. The van der Waals surface area contributed by atoms with Gasteiger partial charge in [0, 0.05) is 19.3 Å². The van der Waals surface area contributed by atoms with Crippen molar-refractivity contribution in [1.82, 2.24) is 5.06 Å². The Bertz CT molecular complexity index is 435. The highest BCUT2D eigenvalue weighted by Crippen LogP contribution is 2.17. The molecule has 0 aromatic heterocycles. The molecule has 1 unspecified atom stereocenters. The van der Waals surface area contributed by atoms with Gasteiger partial charge in [-0.3, -0.25) is 14.4 Å². The fourth-order valence-electron chi connectivity index (χ4n) is 1.68. The molecule has 1 heterocycles. The Balaban J connectivity index is 2.39. The van der Waals surface area contributed by atoms with Gasteiger partial charge in [-0.25, -0.2) is 4.79 Å². The monoisotopic (exact) mass is 299 g/mol. The molecule has 1 atom stereocenters. The van der Waals surface area contributed by atoms with E-state index in [2.05, 4.69) is 0 Å². The van der Waals surface area contributed by atoms with E-state index < -0.39 is 35.3 Å². The van der Waals surface area contributed by atoms with Crippen LogP contribution in [-0.4, -0.2) is 34.4 Å². The molecular formula is C14H21NO6. The predicted molar refractivity (Wildman–Crippen MR) is 71.4 cm³/mol. The number of amides is 2. The minimum absolute atomic E-state index is 0.0540. The summed E-state index contributed by atoms with van der Waals surface area (Å²) in [4.78, 5) is 50.7. The van der Waals surface area contributed by atoms with Crippen LogP contribution in [0.4, 0.5) is 0 Å². The molecule has 0 aromatic carbocycles. The van der Waals surface area contributed by atoms with E-state index >= 15 is 0 Å². The fourth-order valence-corrected chi connectivity index (χ4v) is 1.68. The Morgan fingerprint density at radius 3 is 2.19 bits per heavy atom. The average Bonchev–Trinajstić information content (AvgIpc) is 2.65. The Labute approximate surface area is 123 Å². The lowest BCUT2D eigenvalue weighted by molar-refractivity contribution is -0.200. The Kier molecular flexibility index (Phi) is 5.46. The van der Waals surface area contributed by atoms with Gasteiger partial charge in [-0.15, -0.1) is 5.06 Å². The Hall–Kier alpha value is -1.92. The van der Waals surface area contributed by atoms with Crippen molar-refractivity contribution in [3.05, 3.63) is 0 Å². The highest BCUT2D eigenvalue weighted by molar-refractivity contribution is 6.01. The topological polar surface area (TPSA) is 90.0 Å². The maximum atomic E-state index is 11.8. The SMILES string of the molecule is CC(CCC(=O)OC(C)(C)C)C(=O)ON1C(=O)CCC1=O. The van der Waals surface area contributed by atoms with E-state index in [0.29, 0.717) is 5.06 Å². The van der Waals surface area contributed by atoms with Gasteiger partial charge in [0.25, 0.3) is 11.8 Å². The summed E-state index contributed by atoms with van der Waals surface area (Å²) in [5, 5.41) is 0.506. The number of carbonyl (C=O) groups excluding carboxylic acids is 4. The molecule has 2 amide bonds. The number of hydrogen-bond donors (Lipinski definition) is 0. The number of carbonyl (C=O) groups is 4. The van der Waals surface area contributed by atoms with E-state index in [-0.39, 0.29) is 25.7 Å². The van der Waals surface area contributed by atoms with Crippen molar-refractivity contribution >= 4 is 23.8 Å². The standard InChI is InChI=1S/C14H21NO6/c1-9(5-8-12(18)20-14(2,3)4)13(19)21-15-10(16)6-7-11(15)17/h9H,5-8H2,1-4H3. The van der Waals surface area contributed by atoms with Crippen LogP contribution in [0.5, 0.6) is 0 Å². The Morgan fingerprint density at radius 2 is 1.71 bits per heavy atom. The smallest absolute Gasteiger partial charge is 0.335 e. The van der Waals surface area contributed by atoms with E-state index in [0.717, 1.165) is 0 Å². The van der Waals surface area contributed by atoms with Gasteiger partial charge in [0.05, 0.1) is 5.92 Å². The molecule has 1 aliphatic rings. The first-order chi connectivity index (χ1) is 9.60. The highest BCUT2D eigenvalue weighted by atomic mass is 16.7. The molecule has 7 heteroatoms. The molecule has 1 fully saturated rings. The lowest BCUT2D eigenvalue weighted by atomic mass is 10.1. The number of ether oxygens (including phenoxy) is 1. The van der Waals surface area contributed by atoms with E-state index in [4.69, 9.17) is 9.57 Å². The minimum Gasteiger partial charge on any atom is -0.460 e. The summed E-state index contributed by atoms with van der Waals surface area (Å²) in [6.45, 7) is 6.84. The van der Waals surface area contributed by atoms with E-state index in [1.165, 1.54) is 0 Å². The van der Waals surface area contributed by atoms with Gasteiger partial charge in [-0.2, -0.15) is 0 Å². The quantitative estimate of drug-likeness (QED) is 0.562. The van der Waals surface area contributed by atoms with Crippen LogP contribution in [0.15, 0.2) is 0 Å². The Morgan fingerprint density at radius 1 is 1.19 bits per heavy atom. The summed E-state index contributed by atoms with van der Waals surface area (Å²) in [7, 11) is 0. The van der Waals surface area contributed by atoms with Gasteiger partial charge < -0.3 is 9.57 Å². The van der Waals surface area contributed by atoms with Crippen LogP contribution in [0.25, 0.3) is 0 Å². The summed E-state index contributed by atoms with van der Waals surface area (Å²) in [6, 6.07) is 0. The summed E-state index contributed by atoms with van der Waals surface area (Å²) >= 11 is 0. The van der Waals surface area contributed by atoms with Crippen molar-refractivity contribution in [1.29, 1.82) is 0 Å².